The molecule has 0 radical (unpaired) electrons. The number of anilines is 2. The number of ether oxygens (including phenoxy) is 1. The Labute approximate surface area is 132 Å². The van der Waals surface area contributed by atoms with Gasteiger partial charge in [-0.15, -0.1) is 0 Å². The first-order valence-electron chi connectivity index (χ1n) is 6.70. The van der Waals surface area contributed by atoms with Crippen LogP contribution in [0.2, 0.25) is 0 Å². The van der Waals surface area contributed by atoms with Gasteiger partial charge in [0.1, 0.15) is 11.5 Å². The van der Waals surface area contributed by atoms with Gasteiger partial charge in [0.25, 0.3) is 0 Å². The van der Waals surface area contributed by atoms with Crippen molar-refractivity contribution in [3.63, 3.8) is 0 Å². The molecule has 112 valence electrons. The molecular formula is C16H14N2O3S. The lowest BCUT2D eigenvalue weighted by Gasteiger charge is -2.21. The summed E-state index contributed by atoms with van der Waals surface area (Å²) < 4.78 is 5.85. The van der Waals surface area contributed by atoms with Crippen LogP contribution in [-0.2, 0) is 9.59 Å². The highest BCUT2D eigenvalue weighted by Gasteiger charge is 2.19. The van der Waals surface area contributed by atoms with E-state index in [1.54, 1.807) is 12.1 Å². The predicted molar refractivity (Wildman–Crippen MR) is 85.7 cm³/mol. The molecule has 2 N–H and O–H groups in total. The third-order valence-corrected chi connectivity index (χ3v) is 4.05. The molecule has 5 nitrogen and oxygen atoms in total. The Morgan fingerprint density at radius 1 is 0.864 bits per heavy atom. The van der Waals surface area contributed by atoms with Crippen molar-refractivity contribution in [2.75, 3.05) is 10.6 Å². The smallest absolute Gasteiger partial charge is 0.221 e. The van der Waals surface area contributed by atoms with Gasteiger partial charge < -0.3 is 15.4 Å². The maximum atomic E-state index is 11.1. The number of amides is 2. The predicted octanol–water partition coefficient (Wildman–Crippen LogP) is 3.86. The third-order valence-electron chi connectivity index (χ3n) is 2.97. The van der Waals surface area contributed by atoms with E-state index in [9.17, 15) is 9.59 Å². The Bertz CT molecular complexity index is 710. The number of nitrogens with one attached hydrogen (secondary N) is 2. The van der Waals surface area contributed by atoms with Gasteiger partial charge in [0.15, 0.2) is 0 Å². The molecule has 0 saturated carbocycles. The fourth-order valence-corrected chi connectivity index (χ4v) is 3.17. The van der Waals surface area contributed by atoms with Gasteiger partial charge in [-0.2, -0.15) is 0 Å². The molecule has 22 heavy (non-hydrogen) atoms. The van der Waals surface area contributed by atoms with Gasteiger partial charge in [-0.05, 0) is 36.4 Å². The molecule has 1 aliphatic rings. The number of hydrogen-bond donors (Lipinski definition) is 2. The number of carbonyl (C=O) groups is 2. The van der Waals surface area contributed by atoms with Crippen molar-refractivity contribution in [1.29, 1.82) is 0 Å². The van der Waals surface area contributed by atoms with Crippen molar-refractivity contribution < 1.29 is 14.3 Å². The topological polar surface area (TPSA) is 67.4 Å². The Kier molecular flexibility index (Phi) is 3.77. The zero-order chi connectivity index (χ0) is 15.7. The van der Waals surface area contributed by atoms with Crippen LogP contribution in [0.3, 0.4) is 0 Å². The van der Waals surface area contributed by atoms with E-state index in [-0.39, 0.29) is 11.8 Å². The van der Waals surface area contributed by atoms with Gasteiger partial charge in [0, 0.05) is 25.2 Å². The molecule has 6 heteroatoms. The average molecular weight is 314 g/mol. The van der Waals surface area contributed by atoms with Crippen LogP contribution >= 0.6 is 11.8 Å². The minimum absolute atomic E-state index is 0.116. The van der Waals surface area contributed by atoms with Crippen LogP contribution in [-0.4, -0.2) is 11.8 Å². The van der Waals surface area contributed by atoms with E-state index in [1.165, 1.54) is 25.6 Å². The summed E-state index contributed by atoms with van der Waals surface area (Å²) in [6, 6.07) is 11.0. The van der Waals surface area contributed by atoms with Crippen molar-refractivity contribution in [1.82, 2.24) is 0 Å². The van der Waals surface area contributed by atoms with Crippen LogP contribution in [0, 0.1) is 0 Å². The molecule has 0 bridgehead atoms. The first-order valence-corrected chi connectivity index (χ1v) is 7.52. The fraction of sp³-hybridized carbons (Fsp3) is 0.125. The number of rotatable bonds is 2. The van der Waals surface area contributed by atoms with Crippen LogP contribution in [0.4, 0.5) is 11.4 Å². The lowest BCUT2D eigenvalue weighted by molar-refractivity contribution is -0.115. The van der Waals surface area contributed by atoms with E-state index in [2.05, 4.69) is 10.6 Å². The van der Waals surface area contributed by atoms with E-state index >= 15 is 0 Å². The van der Waals surface area contributed by atoms with Crippen molar-refractivity contribution in [2.45, 2.75) is 23.6 Å². The summed E-state index contributed by atoms with van der Waals surface area (Å²) in [4.78, 5) is 24.1. The lowest BCUT2D eigenvalue weighted by Crippen LogP contribution is -2.07. The summed E-state index contributed by atoms with van der Waals surface area (Å²) in [7, 11) is 0. The second-order valence-corrected chi connectivity index (χ2v) is 5.97. The molecule has 0 aromatic heterocycles. The molecule has 0 saturated heterocycles. The molecule has 0 unspecified atom stereocenters. The first-order chi connectivity index (χ1) is 10.5. The number of hydrogen-bond acceptors (Lipinski definition) is 4. The Hall–Kier alpha value is -2.47. The van der Waals surface area contributed by atoms with Crippen molar-refractivity contribution >= 4 is 35.0 Å². The van der Waals surface area contributed by atoms with E-state index < -0.39 is 0 Å². The van der Waals surface area contributed by atoms with Gasteiger partial charge in [0.05, 0.1) is 9.79 Å². The van der Waals surface area contributed by atoms with Gasteiger partial charge >= 0.3 is 0 Å². The Balaban J connectivity index is 1.89. The summed E-state index contributed by atoms with van der Waals surface area (Å²) >= 11 is 1.54. The normalized spacial score (nSPS) is 11.7. The summed E-state index contributed by atoms with van der Waals surface area (Å²) in [6.45, 7) is 2.94. The molecule has 0 fully saturated rings. The van der Waals surface area contributed by atoms with E-state index in [4.69, 9.17) is 4.74 Å². The number of benzene rings is 2. The molecule has 1 heterocycles. The number of fused-ring (bicyclic) bond motifs is 2. The Morgan fingerprint density at radius 3 is 1.73 bits per heavy atom. The van der Waals surface area contributed by atoms with Gasteiger partial charge in [0.2, 0.25) is 11.8 Å². The average Bonchev–Trinajstić information content (AvgIpc) is 2.43. The zero-order valence-electron chi connectivity index (χ0n) is 12.1. The largest absolute Gasteiger partial charge is 0.455 e. The van der Waals surface area contributed by atoms with Crippen molar-refractivity contribution in [2.24, 2.45) is 0 Å². The highest BCUT2D eigenvalue weighted by Crippen LogP contribution is 2.48. The maximum Gasteiger partial charge on any atom is 0.221 e. The minimum atomic E-state index is -0.116. The highest BCUT2D eigenvalue weighted by molar-refractivity contribution is 7.99. The molecule has 3 rings (SSSR count). The van der Waals surface area contributed by atoms with E-state index in [0.717, 1.165) is 32.7 Å². The summed E-state index contributed by atoms with van der Waals surface area (Å²) in [5, 5.41) is 5.50. The molecule has 1 aliphatic heterocycles. The first kappa shape index (κ1) is 14.5. The summed E-state index contributed by atoms with van der Waals surface area (Å²) in [5.74, 6) is 1.27. The molecule has 0 aliphatic carbocycles. The quantitative estimate of drug-likeness (QED) is 0.753. The van der Waals surface area contributed by atoms with Crippen LogP contribution in [0.5, 0.6) is 11.5 Å². The second-order valence-electron chi connectivity index (χ2n) is 4.89. The second kappa shape index (κ2) is 5.73. The molecule has 0 atom stereocenters. The standard InChI is InChI=1S/C16H14N2O3S/c1-9(19)17-11-3-5-13-15(7-11)22-16-8-12(18-10(2)20)4-6-14(16)21-13/h3-8H,1-2H3,(H,17,19)(H,18,20). The minimum Gasteiger partial charge on any atom is -0.455 e. The van der Waals surface area contributed by atoms with Crippen molar-refractivity contribution in [3.05, 3.63) is 36.4 Å². The SMILES string of the molecule is CC(=O)Nc1ccc2c(c1)Sc1cc(NC(C)=O)ccc1O2. The van der Waals surface area contributed by atoms with Crippen LogP contribution < -0.4 is 15.4 Å². The third kappa shape index (κ3) is 3.07. The zero-order valence-corrected chi connectivity index (χ0v) is 12.9. The highest BCUT2D eigenvalue weighted by atomic mass is 32.2. The van der Waals surface area contributed by atoms with Crippen LogP contribution in [0.1, 0.15) is 13.8 Å². The van der Waals surface area contributed by atoms with Gasteiger partial charge in [-0.1, -0.05) is 11.8 Å². The molecular weight excluding hydrogens is 300 g/mol. The van der Waals surface area contributed by atoms with Crippen LogP contribution in [0.15, 0.2) is 46.2 Å². The molecule has 2 amide bonds. The Morgan fingerprint density at radius 2 is 1.32 bits per heavy atom. The molecule has 0 spiro atoms. The monoisotopic (exact) mass is 314 g/mol. The molecule has 2 aromatic rings. The number of carbonyl (C=O) groups excluding carboxylic acids is 2. The van der Waals surface area contributed by atoms with Crippen LogP contribution in [0.25, 0.3) is 0 Å². The summed E-state index contributed by atoms with van der Waals surface area (Å²) in [6.07, 6.45) is 0. The maximum absolute atomic E-state index is 11.1. The van der Waals surface area contributed by atoms with E-state index in [0.29, 0.717) is 0 Å². The van der Waals surface area contributed by atoms with Gasteiger partial charge in [-0.25, -0.2) is 0 Å². The van der Waals surface area contributed by atoms with Gasteiger partial charge in [-0.3, -0.25) is 9.59 Å². The lowest BCUT2D eigenvalue weighted by atomic mass is 10.2. The van der Waals surface area contributed by atoms with Crippen molar-refractivity contribution in [3.8, 4) is 11.5 Å². The summed E-state index contributed by atoms with van der Waals surface area (Å²) in [5.41, 5.74) is 1.45. The van der Waals surface area contributed by atoms with E-state index in [1.807, 2.05) is 24.3 Å². The molecule has 2 aromatic carbocycles. The fourth-order valence-electron chi connectivity index (χ4n) is 2.14.